The molecule has 23 heavy (non-hydrogen) atoms. The minimum absolute atomic E-state index is 0.0675. The van der Waals surface area contributed by atoms with Crippen LogP contribution in [0.15, 0.2) is 53.6 Å². The predicted molar refractivity (Wildman–Crippen MR) is 81.8 cm³/mol. The summed E-state index contributed by atoms with van der Waals surface area (Å²) < 4.78 is 13.6. The molecule has 0 aliphatic rings. The Hall–Kier alpha value is -3.06. The average Bonchev–Trinajstić information content (AvgIpc) is 2.59. The fraction of sp³-hybridized carbons (Fsp3) is 0.0625. The van der Waals surface area contributed by atoms with Crippen molar-refractivity contribution in [3.63, 3.8) is 0 Å². The van der Waals surface area contributed by atoms with Gasteiger partial charge in [-0.2, -0.15) is 5.10 Å². The van der Waals surface area contributed by atoms with Gasteiger partial charge in [0.15, 0.2) is 0 Å². The van der Waals surface area contributed by atoms with E-state index in [1.165, 1.54) is 49.1 Å². The molecular formula is C16H14FN3O3. The molecule has 118 valence electrons. The fourth-order valence-corrected chi connectivity index (χ4v) is 1.80. The van der Waals surface area contributed by atoms with E-state index in [4.69, 9.17) is 5.21 Å². The van der Waals surface area contributed by atoms with Gasteiger partial charge in [-0.1, -0.05) is 24.3 Å². The second kappa shape index (κ2) is 7.28. The zero-order valence-corrected chi connectivity index (χ0v) is 12.2. The van der Waals surface area contributed by atoms with Crippen LogP contribution < -0.4 is 5.48 Å². The summed E-state index contributed by atoms with van der Waals surface area (Å²) in [5.41, 5.74) is 2.37. The first-order valence-corrected chi connectivity index (χ1v) is 6.64. The number of halogens is 1. The Morgan fingerprint density at radius 1 is 1.17 bits per heavy atom. The minimum atomic E-state index is -0.625. The third kappa shape index (κ3) is 3.98. The molecule has 2 N–H and O–H groups in total. The predicted octanol–water partition coefficient (Wildman–Crippen LogP) is 2.05. The maximum Gasteiger partial charge on any atom is 0.276 e. The molecule has 0 heterocycles. The molecule has 2 amide bonds. The number of carbonyl (C=O) groups excluding carboxylic acids is 2. The van der Waals surface area contributed by atoms with E-state index in [1.54, 1.807) is 18.2 Å². The Bertz CT molecular complexity index is 744. The molecule has 0 aliphatic heterocycles. The number of nitrogens with one attached hydrogen (secondary N) is 1. The van der Waals surface area contributed by atoms with Gasteiger partial charge in [0.2, 0.25) is 0 Å². The Morgan fingerprint density at radius 2 is 1.83 bits per heavy atom. The van der Waals surface area contributed by atoms with Crippen molar-refractivity contribution in [1.82, 2.24) is 10.5 Å². The van der Waals surface area contributed by atoms with E-state index in [9.17, 15) is 14.0 Å². The van der Waals surface area contributed by atoms with Crippen LogP contribution in [0, 0.1) is 5.82 Å². The number of hydrogen-bond donors (Lipinski definition) is 2. The molecule has 2 aromatic carbocycles. The van der Waals surface area contributed by atoms with Gasteiger partial charge in [0.25, 0.3) is 11.8 Å². The van der Waals surface area contributed by atoms with Crippen LogP contribution in [0.3, 0.4) is 0 Å². The van der Waals surface area contributed by atoms with Crippen molar-refractivity contribution in [2.24, 2.45) is 5.10 Å². The van der Waals surface area contributed by atoms with Gasteiger partial charge < -0.3 is 0 Å². The maximum atomic E-state index is 13.6. The van der Waals surface area contributed by atoms with Gasteiger partial charge in [0.05, 0.1) is 11.8 Å². The molecule has 2 aromatic rings. The first-order chi connectivity index (χ1) is 11.0. The summed E-state index contributed by atoms with van der Waals surface area (Å²) in [4.78, 5) is 23.2. The van der Waals surface area contributed by atoms with E-state index in [0.29, 0.717) is 5.56 Å². The molecule has 0 atom stereocenters. The van der Waals surface area contributed by atoms with Crippen LogP contribution in [0.4, 0.5) is 4.39 Å². The molecule has 0 aromatic heterocycles. The largest absolute Gasteiger partial charge is 0.288 e. The lowest BCUT2D eigenvalue weighted by Gasteiger charge is -2.11. The quantitative estimate of drug-likeness (QED) is 0.515. The van der Waals surface area contributed by atoms with Gasteiger partial charge in [-0.3, -0.25) is 14.8 Å². The number of hydrogen-bond acceptors (Lipinski definition) is 4. The SMILES string of the molecule is CN(N=Cc1ccc(C(=O)NO)cc1)C(=O)c1ccccc1F. The van der Waals surface area contributed by atoms with E-state index in [-0.39, 0.29) is 11.1 Å². The third-order valence-electron chi connectivity index (χ3n) is 3.05. The summed E-state index contributed by atoms with van der Waals surface area (Å²) in [5, 5.41) is 13.5. The first-order valence-electron chi connectivity index (χ1n) is 6.64. The van der Waals surface area contributed by atoms with Gasteiger partial charge in [0, 0.05) is 12.6 Å². The number of benzene rings is 2. The topological polar surface area (TPSA) is 82.0 Å². The molecule has 7 heteroatoms. The Labute approximate surface area is 131 Å². The van der Waals surface area contributed by atoms with Crippen molar-refractivity contribution < 1.29 is 19.2 Å². The molecule has 6 nitrogen and oxygen atoms in total. The highest BCUT2D eigenvalue weighted by molar-refractivity contribution is 5.95. The number of hydrazone groups is 1. The molecule has 0 unspecified atom stereocenters. The van der Waals surface area contributed by atoms with Gasteiger partial charge in [-0.15, -0.1) is 0 Å². The van der Waals surface area contributed by atoms with Gasteiger partial charge in [0.1, 0.15) is 5.82 Å². The summed E-state index contributed by atoms with van der Waals surface area (Å²) in [6, 6.07) is 11.8. The molecule has 0 radical (unpaired) electrons. The molecule has 2 rings (SSSR count). The lowest BCUT2D eigenvalue weighted by molar-refractivity contribution is 0.0706. The van der Waals surface area contributed by atoms with Crippen molar-refractivity contribution in [3.05, 3.63) is 71.0 Å². The molecule has 0 fully saturated rings. The van der Waals surface area contributed by atoms with Crippen LogP contribution >= 0.6 is 0 Å². The Balaban J connectivity index is 2.09. The van der Waals surface area contributed by atoms with E-state index < -0.39 is 17.6 Å². The lowest BCUT2D eigenvalue weighted by Crippen LogP contribution is -2.22. The highest BCUT2D eigenvalue weighted by Crippen LogP contribution is 2.09. The zero-order valence-electron chi connectivity index (χ0n) is 12.2. The monoisotopic (exact) mass is 315 g/mol. The first kappa shape index (κ1) is 16.3. The number of hydroxylamine groups is 1. The molecule has 0 saturated heterocycles. The van der Waals surface area contributed by atoms with Gasteiger partial charge >= 0.3 is 0 Å². The van der Waals surface area contributed by atoms with Crippen LogP contribution in [0.5, 0.6) is 0 Å². The van der Waals surface area contributed by atoms with Gasteiger partial charge in [-0.25, -0.2) is 14.9 Å². The summed E-state index contributed by atoms with van der Waals surface area (Å²) in [6.07, 6.45) is 1.40. The molecule has 0 saturated carbocycles. The van der Waals surface area contributed by atoms with E-state index in [1.807, 2.05) is 0 Å². The number of rotatable bonds is 4. The van der Waals surface area contributed by atoms with Crippen LogP contribution in [-0.2, 0) is 0 Å². The van der Waals surface area contributed by atoms with Crippen molar-refractivity contribution in [1.29, 1.82) is 0 Å². The van der Waals surface area contributed by atoms with Crippen LogP contribution in [0.1, 0.15) is 26.3 Å². The lowest BCUT2D eigenvalue weighted by atomic mass is 10.1. The summed E-state index contributed by atoms with van der Waals surface area (Å²) >= 11 is 0. The fourth-order valence-electron chi connectivity index (χ4n) is 1.80. The normalized spacial score (nSPS) is 10.6. The van der Waals surface area contributed by atoms with Crippen LogP contribution in [0.25, 0.3) is 0 Å². The van der Waals surface area contributed by atoms with Crippen LogP contribution in [-0.4, -0.2) is 35.3 Å². The summed E-state index contributed by atoms with van der Waals surface area (Å²) in [7, 11) is 1.42. The Morgan fingerprint density at radius 3 is 2.43 bits per heavy atom. The number of nitrogens with zero attached hydrogens (tertiary/aromatic N) is 2. The highest BCUT2D eigenvalue weighted by atomic mass is 19.1. The third-order valence-corrected chi connectivity index (χ3v) is 3.05. The van der Waals surface area contributed by atoms with E-state index >= 15 is 0 Å². The van der Waals surface area contributed by atoms with E-state index in [0.717, 1.165) is 5.01 Å². The van der Waals surface area contributed by atoms with E-state index in [2.05, 4.69) is 5.10 Å². The second-order valence-corrected chi connectivity index (χ2v) is 4.62. The van der Waals surface area contributed by atoms with Crippen LogP contribution in [0.2, 0.25) is 0 Å². The number of carbonyl (C=O) groups is 2. The van der Waals surface area contributed by atoms with Gasteiger partial charge in [-0.05, 0) is 29.8 Å². The standard InChI is InChI=1S/C16H14FN3O3/c1-20(16(22)13-4-2-3-5-14(13)17)18-10-11-6-8-12(9-7-11)15(21)19-23/h2-10,23H,1H3,(H,19,21). The second-order valence-electron chi connectivity index (χ2n) is 4.62. The van der Waals surface area contributed by atoms with Crippen molar-refractivity contribution in [3.8, 4) is 0 Å². The maximum absolute atomic E-state index is 13.6. The summed E-state index contributed by atoms with van der Waals surface area (Å²) in [5.74, 6) is -1.81. The van der Waals surface area contributed by atoms with Crippen molar-refractivity contribution in [2.45, 2.75) is 0 Å². The zero-order chi connectivity index (χ0) is 16.8. The molecule has 0 spiro atoms. The van der Waals surface area contributed by atoms with Crippen molar-refractivity contribution >= 4 is 18.0 Å². The molecular weight excluding hydrogens is 301 g/mol. The molecule has 0 aliphatic carbocycles. The highest BCUT2D eigenvalue weighted by Gasteiger charge is 2.14. The summed E-state index contributed by atoms with van der Waals surface area (Å²) in [6.45, 7) is 0. The smallest absolute Gasteiger partial charge is 0.276 e. The molecule has 0 bridgehead atoms. The van der Waals surface area contributed by atoms with Crippen molar-refractivity contribution in [2.75, 3.05) is 7.05 Å². The average molecular weight is 315 g/mol. The number of amides is 2. The Kier molecular flexibility index (Phi) is 5.16. The minimum Gasteiger partial charge on any atom is -0.288 e.